The third kappa shape index (κ3) is 6.27. The Labute approximate surface area is 187 Å². The molecule has 2 atom stereocenters. The Morgan fingerprint density at radius 2 is 1.88 bits per heavy atom. The quantitative estimate of drug-likeness (QED) is 0.398. The van der Waals surface area contributed by atoms with Crippen LogP contribution in [0.15, 0.2) is 47.4 Å². The molecule has 0 radical (unpaired) electrons. The monoisotopic (exact) mass is 464 g/mol. The van der Waals surface area contributed by atoms with Gasteiger partial charge < -0.3 is 14.6 Å². The van der Waals surface area contributed by atoms with Crippen LogP contribution in [0.5, 0.6) is 11.5 Å². The van der Waals surface area contributed by atoms with Gasteiger partial charge in [0.05, 0.1) is 23.2 Å². The molecule has 0 spiro atoms. The minimum absolute atomic E-state index is 0.0442. The van der Waals surface area contributed by atoms with Gasteiger partial charge in [-0.3, -0.25) is 14.9 Å². The summed E-state index contributed by atoms with van der Waals surface area (Å²) < 4.78 is 36.7. The second-order valence-electron chi connectivity index (χ2n) is 7.86. The number of nitrogens with one attached hydrogen (secondary N) is 1. The molecule has 0 aliphatic carbocycles. The highest BCUT2D eigenvalue weighted by Gasteiger charge is 2.30. The maximum atomic E-state index is 12.9. The summed E-state index contributed by atoms with van der Waals surface area (Å²) in [6.07, 6.45) is -0.997. The van der Waals surface area contributed by atoms with Crippen LogP contribution in [-0.2, 0) is 19.4 Å². The van der Waals surface area contributed by atoms with Crippen molar-refractivity contribution < 1.29 is 33.0 Å². The average Bonchev–Trinajstić information content (AvgIpc) is 2.75. The van der Waals surface area contributed by atoms with Gasteiger partial charge in [-0.05, 0) is 61.4 Å². The van der Waals surface area contributed by atoms with E-state index in [0.29, 0.717) is 18.0 Å². The van der Waals surface area contributed by atoms with Crippen LogP contribution in [0.1, 0.15) is 11.1 Å². The normalized spacial score (nSPS) is 18.2. The highest BCUT2D eigenvalue weighted by Crippen LogP contribution is 2.26. The van der Waals surface area contributed by atoms with Crippen LogP contribution in [0, 0.1) is 19.8 Å². The van der Waals surface area contributed by atoms with Crippen molar-refractivity contribution in [3.63, 3.8) is 0 Å². The van der Waals surface area contributed by atoms with Gasteiger partial charge in [-0.1, -0.05) is 6.07 Å². The summed E-state index contributed by atoms with van der Waals surface area (Å²) in [6.45, 7) is 4.90. The lowest BCUT2D eigenvalue weighted by atomic mass is 10.1. The number of nitrogens with zero attached hydrogens (tertiary/aromatic N) is 1. The number of benzene rings is 2. The molecule has 0 aromatic heterocycles. The van der Waals surface area contributed by atoms with Crippen molar-refractivity contribution in [2.75, 3.05) is 32.0 Å². The summed E-state index contributed by atoms with van der Waals surface area (Å²) in [7, 11) is -3.83. The Kier molecular flexibility index (Phi) is 7.86. The highest BCUT2D eigenvalue weighted by molar-refractivity contribution is 7.91. The van der Waals surface area contributed by atoms with E-state index in [9.17, 15) is 18.3 Å². The number of rotatable bonds is 8. The predicted molar refractivity (Wildman–Crippen MR) is 116 cm³/mol. The molecule has 1 saturated heterocycles. The van der Waals surface area contributed by atoms with E-state index in [-0.39, 0.29) is 24.6 Å². The van der Waals surface area contributed by atoms with Crippen molar-refractivity contribution in [1.82, 2.24) is 10.4 Å². The number of aryl methyl sites for hydroxylation is 2. The zero-order valence-electron chi connectivity index (χ0n) is 18.0. The van der Waals surface area contributed by atoms with E-state index in [0.717, 1.165) is 11.1 Å². The number of carbonyl (C=O) groups is 1. The molecular formula is C22H28N2O7S. The van der Waals surface area contributed by atoms with Gasteiger partial charge in [0, 0.05) is 19.6 Å². The van der Waals surface area contributed by atoms with Gasteiger partial charge in [-0.15, -0.1) is 0 Å². The van der Waals surface area contributed by atoms with Crippen LogP contribution in [0.2, 0.25) is 0 Å². The van der Waals surface area contributed by atoms with E-state index in [1.165, 1.54) is 12.1 Å². The summed E-state index contributed by atoms with van der Waals surface area (Å²) in [5.74, 6) is -1.19. The van der Waals surface area contributed by atoms with Gasteiger partial charge in [0.1, 0.15) is 11.5 Å². The summed E-state index contributed by atoms with van der Waals surface area (Å²) in [4.78, 5) is 13.9. The number of β-amino-alcohol motifs (C(OH)–C–C–N with tert-alkyl or cyclic N) is 1. The van der Waals surface area contributed by atoms with Gasteiger partial charge >= 0.3 is 0 Å². The summed E-state index contributed by atoms with van der Waals surface area (Å²) in [6, 6.07) is 11.7. The summed E-state index contributed by atoms with van der Waals surface area (Å²) in [5, 5.41) is 18.7. The molecule has 2 aromatic rings. The maximum Gasteiger partial charge on any atom is 0.248 e. The van der Waals surface area contributed by atoms with Crippen LogP contribution in [0.4, 0.5) is 0 Å². The molecule has 2 aromatic carbocycles. The van der Waals surface area contributed by atoms with Gasteiger partial charge in [-0.2, -0.15) is 0 Å². The Balaban J connectivity index is 1.70. The third-order valence-electron chi connectivity index (χ3n) is 5.41. The molecule has 2 unspecified atom stereocenters. The molecule has 174 valence electrons. The Morgan fingerprint density at radius 3 is 2.50 bits per heavy atom. The lowest BCUT2D eigenvalue weighted by Gasteiger charge is -2.32. The van der Waals surface area contributed by atoms with E-state index < -0.39 is 33.7 Å². The maximum absolute atomic E-state index is 12.9. The molecule has 32 heavy (non-hydrogen) atoms. The van der Waals surface area contributed by atoms with E-state index in [2.05, 4.69) is 0 Å². The van der Waals surface area contributed by atoms with Crippen LogP contribution < -0.4 is 10.2 Å². The van der Waals surface area contributed by atoms with Gasteiger partial charge in [-0.25, -0.2) is 13.9 Å². The molecule has 1 aliphatic heterocycles. The van der Waals surface area contributed by atoms with Crippen LogP contribution in [0.3, 0.4) is 0 Å². The minimum atomic E-state index is -3.83. The Bertz CT molecular complexity index is 1040. The number of hydrogen-bond acceptors (Lipinski definition) is 8. The standard InChI is InChI=1S/C22H28N2O7S/c1-15-3-4-19(11-16(15)2)31-18-5-7-20(8-6-18)32(28,29)14-17(22(26)23-27)12-24-9-10-30-21(25)13-24/h3-8,11,17,21,25,27H,9-10,12-14H2,1-2H3,(H,23,26). The van der Waals surface area contributed by atoms with Crippen molar-refractivity contribution in [3.8, 4) is 11.5 Å². The molecule has 3 N–H and O–H groups in total. The molecule has 1 fully saturated rings. The van der Waals surface area contributed by atoms with Crippen LogP contribution >= 0.6 is 0 Å². The van der Waals surface area contributed by atoms with Gasteiger partial charge in [0.2, 0.25) is 5.91 Å². The number of amides is 1. The number of aliphatic hydroxyl groups excluding tert-OH is 1. The predicted octanol–water partition coefficient (Wildman–Crippen LogP) is 1.64. The number of sulfone groups is 1. The zero-order chi connectivity index (χ0) is 23.3. The molecule has 1 aliphatic rings. The van der Waals surface area contributed by atoms with E-state index >= 15 is 0 Å². The fourth-order valence-corrected chi connectivity index (χ4v) is 4.98. The Hall–Kier alpha value is -2.50. The first-order valence-electron chi connectivity index (χ1n) is 10.2. The topological polar surface area (TPSA) is 125 Å². The molecule has 1 amide bonds. The number of aliphatic hydroxyl groups is 1. The summed E-state index contributed by atoms with van der Waals surface area (Å²) in [5.41, 5.74) is 3.77. The fraction of sp³-hybridized carbons (Fsp3) is 0.409. The number of carbonyl (C=O) groups excluding carboxylic acids is 1. The molecule has 9 nitrogen and oxygen atoms in total. The first-order valence-corrected chi connectivity index (χ1v) is 11.9. The zero-order valence-corrected chi connectivity index (χ0v) is 18.8. The number of morpholine rings is 1. The first-order chi connectivity index (χ1) is 15.2. The van der Waals surface area contributed by atoms with Gasteiger partial charge in [0.15, 0.2) is 16.1 Å². The van der Waals surface area contributed by atoms with E-state index in [1.54, 1.807) is 22.5 Å². The molecule has 3 rings (SSSR count). The van der Waals surface area contributed by atoms with Crippen molar-refractivity contribution in [2.24, 2.45) is 5.92 Å². The number of ether oxygens (including phenoxy) is 2. The van der Waals surface area contributed by atoms with Crippen molar-refractivity contribution in [1.29, 1.82) is 0 Å². The smallest absolute Gasteiger partial charge is 0.248 e. The molecular weight excluding hydrogens is 436 g/mol. The Morgan fingerprint density at radius 1 is 1.19 bits per heavy atom. The highest BCUT2D eigenvalue weighted by atomic mass is 32.2. The van der Waals surface area contributed by atoms with Crippen molar-refractivity contribution in [3.05, 3.63) is 53.6 Å². The van der Waals surface area contributed by atoms with Crippen molar-refractivity contribution in [2.45, 2.75) is 25.0 Å². The van der Waals surface area contributed by atoms with Crippen LogP contribution in [-0.4, -0.2) is 67.8 Å². The molecule has 0 bridgehead atoms. The second kappa shape index (κ2) is 10.4. The van der Waals surface area contributed by atoms with E-state index in [4.69, 9.17) is 14.7 Å². The van der Waals surface area contributed by atoms with Crippen LogP contribution in [0.25, 0.3) is 0 Å². The fourth-order valence-electron chi connectivity index (χ4n) is 3.45. The van der Waals surface area contributed by atoms with Gasteiger partial charge in [0.25, 0.3) is 0 Å². The lowest BCUT2D eigenvalue weighted by Crippen LogP contribution is -2.48. The largest absolute Gasteiger partial charge is 0.457 e. The molecule has 10 heteroatoms. The first kappa shape index (κ1) is 24.1. The third-order valence-corrected chi connectivity index (χ3v) is 7.24. The summed E-state index contributed by atoms with van der Waals surface area (Å²) >= 11 is 0. The SMILES string of the molecule is Cc1ccc(Oc2ccc(S(=O)(=O)CC(CN3CCOC(O)C3)C(=O)NO)cc2)cc1C. The lowest BCUT2D eigenvalue weighted by molar-refractivity contribution is -0.151. The van der Waals surface area contributed by atoms with Crippen molar-refractivity contribution >= 4 is 15.7 Å². The van der Waals surface area contributed by atoms with E-state index in [1.807, 2.05) is 32.0 Å². The second-order valence-corrected chi connectivity index (χ2v) is 9.89. The average molecular weight is 465 g/mol. The minimum Gasteiger partial charge on any atom is -0.457 e. The molecule has 0 saturated carbocycles. The number of hydrogen-bond donors (Lipinski definition) is 3. The number of hydroxylamine groups is 1. The molecule has 1 heterocycles.